The largest absolute Gasteiger partial charge is 0.463 e. The number of carbonyl (C=O) groups excluding carboxylic acids is 2. The van der Waals surface area contributed by atoms with Gasteiger partial charge in [-0.2, -0.15) is 5.10 Å². The average Bonchev–Trinajstić information content (AvgIpc) is 3.07. The molecule has 1 aromatic heterocycles. The van der Waals surface area contributed by atoms with Gasteiger partial charge in [-0.05, 0) is 43.3 Å². The molecule has 2 rings (SSSR count). The maximum atomic E-state index is 12.0. The second kappa shape index (κ2) is 7.40. The molecule has 0 fully saturated rings. The molecule has 0 radical (unpaired) electrons. The van der Waals surface area contributed by atoms with Crippen LogP contribution >= 0.6 is 0 Å². The number of anilines is 1. The number of hydrazone groups is 1. The number of hydrogen-bond donors (Lipinski definition) is 2. The molecule has 2 aromatic rings. The van der Waals surface area contributed by atoms with Gasteiger partial charge in [0, 0.05) is 17.2 Å². The first-order valence-corrected chi connectivity index (χ1v) is 7.27. The summed E-state index contributed by atoms with van der Waals surface area (Å²) in [5.41, 5.74) is 4.14. The Morgan fingerprint density at radius 2 is 1.83 bits per heavy atom. The number of nitrogens with zero attached hydrogens (tertiary/aromatic N) is 1. The van der Waals surface area contributed by atoms with E-state index in [0.717, 1.165) is 0 Å². The molecule has 6 nitrogen and oxygen atoms in total. The number of benzene rings is 1. The molecule has 0 bridgehead atoms. The summed E-state index contributed by atoms with van der Waals surface area (Å²) in [6.07, 6.45) is 1.54. The van der Waals surface area contributed by atoms with Crippen LogP contribution in [-0.4, -0.2) is 17.5 Å². The summed E-state index contributed by atoms with van der Waals surface area (Å²) >= 11 is 0. The number of furan rings is 1. The van der Waals surface area contributed by atoms with E-state index in [1.807, 2.05) is 13.8 Å². The Morgan fingerprint density at radius 3 is 2.39 bits per heavy atom. The molecule has 1 aromatic carbocycles. The summed E-state index contributed by atoms with van der Waals surface area (Å²) in [6, 6.07) is 10.1. The minimum absolute atomic E-state index is 0.0686. The summed E-state index contributed by atoms with van der Waals surface area (Å²) in [5.74, 6) is 0.0902. The smallest absolute Gasteiger partial charge is 0.271 e. The Morgan fingerprint density at radius 1 is 1.13 bits per heavy atom. The van der Waals surface area contributed by atoms with Gasteiger partial charge in [-0.15, -0.1) is 0 Å². The monoisotopic (exact) mass is 313 g/mol. The lowest BCUT2D eigenvalue weighted by atomic mass is 10.1. The summed E-state index contributed by atoms with van der Waals surface area (Å²) in [6.45, 7) is 5.37. The second-order valence-corrected chi connectivity index (χ2v) is 5.34. The van der Waals surface area contributed by atoms with Gasteiger partial charge in [0.05, 0.1) is 6.26 Å². The van der Waals surface area contributed by atoms with Crippen molar-refractivity contribution in [2.75, 3.05) is 5.32 Å². The van der Waals surface area contributed by atoms with Gasteiger partial charge in [-0.3, -0.25) is 9.59 Å². The fourth-order valence-corrected chi connectivity index (χ4v) is 1.73. The Hall–Kier alpha value is -2.89. The van der Waals surface area contributed by atoms with Crippen LogP contribution in [0.25, 0.3) is 0 Å². The van der Waals surface area contributed by atoms with Crippen molar-refractivity contribution in [2.24, 2.45) is 11.0 Å². The number of rotatable bonds is 5. The zero-order chi connectivity index (χ0) is 16.8. The highest BCUT2D eigenvalue weighted by Gasteiger charge is 2.09. The van der Waals surface area contributed by atoms with Crippen molar-refractivity contribution in [3.8, 4) is 0 Å². The van der Waals surface area contributed by atoms with Gasteiger partial charge < -0.3 is 9.73 Å². The molecule has 6 heteroatoms. The van der Waals surface area contributed by atoms with Crippen molar-refractivity contribution in [1.82, 2.24) is 5.43 Å². The lowest BCUT2D eigenvalue weighted by Crippen LogP contribution is -2.20. The van der Waals surface area contributed by atoms with E-state index >= 15 is 0 Å². The van der Waals surface area contributed by atoms with E-state index in [1.165, 1.54) is 0 Å². The van der Waals surface area contributed by atoms with Crippen LogP contribution in [0, 0.1) is 5.92 Å². The topological polar surface area (TPSA) is 83.7 Å². The van der Waals surface area contributed by atoms with Crippen molar-refractivity contribution < 1.29 is 14.0 Å². The summed E-state index contributed by atoms with van der Waals surface area (Å²) in [7, 11) is 0. The highest BCUT2D eigenvalue weighted by molar-refractivity contribution is 5.99. The first-order valence-electron chi connectivity index (χ1n) is 7.27. The van der Waals surface area contributed by atoms with Crippen LogP contribution in [0.3, 0.4) is 0 Å². The number of amides is 2. The Balaban J connectivity index is 1.98. The molecule has 0 saturated carbocycles. The Bertz CT molecular complexity index is 701. The summed E-state index contributed by atoms with van der Waals surface area (Å²) in [5, 5.41) is 6.76. The maximum Gasteiger partial charge on any atom is 0.271 e. The molecule has 0 aliphatic heterocycles. The van der Waals surface area contributed by atoms with E-state index in [-0.39, 0.29) is 17.7 Å². The molecular formula is C17H19N3O3. The van der Waals surface area contributed by atoms with Crippen LogP contribution in [0.5, 0.6) is 0 Å². The van der Waals surface area contributed by atoms with Crippen LogP contribution in [0.15, 0.2) is 52.2 Å². The van der Waals surface area contributed by atoms with Crippen LogP contribution in [0.2, 0.25) is 0 Å². The third-order valence-electron chi connectivity index (χ3n) is 3.14. The second-order valence-electron chi connectivity index (χ2n) is 5.34. The first-order chi connectivity index (χ1) is 11.0. The maximum absolute atomic E-state index is 12.0. The predicted octanol–water partition coefficient (Wildman–Crippen LogP) is 3.03. The molecule has 120 valence electrons. The van der Waals surface area contributed by atoms with Crippen LogP contribution in [0.1, 0.15) is 36.9 Å². The van der Waals surface area contributed by atoms with Crippen LogP contribution < -0.4 is 10.7 Å². The van der Waals surface area contributed by atoms with Gasteiger partial charge in [-0.25, -0.2) is 5.43 Å². The van der Waals surface area contributed by atoms with Gasteiger partial charge in [0.15, 0.2) is 0 Å². The van der Waals surface area contributed by atoms with E-state index in [9.17, 15) is 9.59 Å². The zero-order valence-electron chi connectivity index (χ0n) is 13.3. The normalized spacial score (nSPS) is 11.4. The minimum atomic E-state index is -0.336. The SMILES string of the molecule is CC(=NNC(=O)c1ccc(NC(=O)C(C)C)cc1)c1ccco1. The molecule has 2 N–H and O–H groups in total. The number of hydrogen-bond acceptors (Lipinski definition) is 4. The number of nitrogens with one attached hydrogen (secondary N) is 2. The molecule has 0 aliphatic carbocycles. The first kappa shape index (κ1) is 16.5. The van der Waals surface area contributed by atoms with Crippen molar-refractivity contribution in [2.45, 2.75) is 20.8 Å². The number of carbonyl (C=O) groups is 2. The van der Waals surface area contributed by atoms with Crippen molar-refractivity contribution in [1.29, 1.82) is 0 Å². The van der Waals surface area contributed by atoms with E-state index in [0.29, 0.717) is 22.7 Å². The van der Waals surface area contributed by atoms with E-state index in [2.05, 4.69) is 15.8 Å². The van der Waals surface area contributed by atoms with Crippen molar-refractivity contribution in [3.05, 3.63) is 54.0 Å². The van der Waals surface area contributed by atoms with E-state index < -0.39 is 0 Å². The van der Waals surface area contributed by atoms with Gasteiger partial charge in [0.2, 0.25) is 5.91 Å². The van der Waals surface area contributed by atoms with Crippen molar-refractivity contribution in [3.63, 3.8) is 0 Å². The average molecular weight is 313 g/mol. The molecule has 0 saturated heterocycles. The third-order valence-corrected chi connectivity index (χ3v) is 3.14. The summed E-state index contributed by atoms with van der Waals surface area (Å²) in [4.78, 5) is 23.6. The Labute approximate surface area is 134 Å². The molecule has 0 atom stereocenters. The van der Waals surface area contributed by atoms with Crippen LogP contribution in [0.4, 0.5) is 5.69 Å². The molecular weight excluding hydrogens is 294 g/mol. The van der Waals surface area contributed by atoms with E-state index in [4.69, 9.17) is 4.42 Å². The van der Waals surface area contributed by atoms with Crippen LogP contribution in [-0.2, 0) is 4.79 Å². The molecule has 2 amide bonds. The Kier molecular flexibility index (Phi) is 5.30. The van der Waals surface area contributed by atoms with Gasteiger partial charge in [0.25, 0.3) is 5.91 Å². The quantitative estimate of drug-likeness (QED) is 0.657. The van der Waals surface area contributed by atoms with Gasteiger partial charge in [-0.1, -0.05) is 13.8 Å². The van der Waals surface area contributed by atoms with Crippen molar-refractivity contribution >= 4 is 23.2 Å². The zero-order valence-corrected chi connectivity index (χ0v) is 13.3. The van der Waals surface area contributed by atoms with E-state index in [1.54, 1.807) is 49.6 Å². The predicted molar refractivity (Wildman–Crippen MR) is 88.3 cm³/mol. The van der Waals surface area contributed by atoms with Gasteiger partial charge >= 0.3 is 0 Å². The van der Waals surface area contributed by atoms with Gasteiger partial charge in [0.1, 0.15) is 11.5 Å². The fraction of sp³-hybridized carbons (Fsp3) is 0.235. The fourth-order valence-electron chi connectivity index (χ4n) is 1.73. The minimum Gasteiger partial charge on any atom is -0.463 e. The third kappa shape index (κ3) is 4.54. The highest BCUT2D eigenvalue weighted by atomic mass is 16.3. The molecule has 0 spiro atoms. The molecule has 0 aliphatic rings. The lowest BCUT2D eigenvalue weighted by Gasteiger charge is -2.08. The molecule has 23 heavy (non-hydrogen) atoms. The molecule has 0 unspecified atom stereocenters. The molecule has 1 heterocycles. The highest BCUT2D eigenvalue weighted by Crippen LogP contribution is 2.11. The standard InChI is InChI=1S/C17H19N3O3/c1-11(2)16(21)18-14-8-6-13(7-9-14)17(22)20-19-12(3)15-5-4-10-23-15/h4-11H,1-3H3,(H,18,21)(H,20,22). The summed E-state index contributed by atoms with van der Waals surface area (Å²) < 4.78 is 5.18. The lowest BCUT2D eigenvalue weighted by molar-refractivity contribution is -0.118.